The van der Waals surface area contributed by atoms with E-state index in [1.165, 1.54) is 11.1 Å². The Kier molecular flexibility index (Phi) is 5.65. The van der Waals surface area contributed by atoms with Gasteiger partial charge in [-0.3, -0.25) is 0 Å². The van der Waals surface area contributed by atoms with Crippen LogP contribution in [0.1, 0.15) is 24.5 Å². The third kappa shape index (κ3) is 5.33. The number of nitrogens with one attached hydrogen (secondary N) is 1. The van der Waals surface area contributed by atoms with Gasteiger partial charge in [-0.1, -0.05) is 31.2 Å². The lowest BCUT2D eigenvalue weighted by Gasteiger charge is -2.07. The average molecular weight is 255 g/mol. The van der Waals surface area contributed by atoms with Gasteiger partial charge in [0.1, 0.15) is 9.84 Å². The summed E-state index contributed by atoms with van der Waals surface area (Å²) in [5.41, 5.74) is 2.53. The highest BCUT2D eigenvalue weighted by Gasteiger charge is 2.05. The molecule has 96 valence electrons. The van der Waals surface area contributed by atoms with E-state index < -0.39 is 9.84 Å². The zero-order valence-electron chi connectivity index (χ0n) is 10.6. The number of hydrogen-bond donors (Lipinski definition) is 1. The zero-order chi connectivity index (χ0) is 12.7. The Hall–Kier alpha value is -0.870. The highest BCUT2D eigenvalue weighted by atomic mass is 32.2. The van der Waals surface area contributed by atoms with Crippen molar-refractivity contribution in [3.05, 3.63) is 35.4 Å². The van der Waals surface area contributed by atoms with Crippen LogP contribution in [0.25, 0.3) is 0 Å². The van der Waals surface area contributed by atoms with Crippen LogP contribution in [0.3, 0.4) is 0 Å². The average Bonchev–Trinajstić information content (AvgIpc) is 2.31. The Morgan fingerprint density at radius 2 is 1.94 bits per heavy atom. The second-order valence-corrected chi connectivity index (χ2v) is 6.67. The van der Waals surface area contributed by atoms with Crippen LogP contribution in [0, 0.1) is 6.92 Å². The third-order valence-corrected chi connectivity index (χ3v) is 4.62. The topological polar surface area (TPSA) is 46.2 Å². The summed E-state index contributed by atoms with van der Waals surface area (Å²) in [7, 11) is -2.81. The van der Waals surface area contributed by atoms with Crippen molar-refractivity contribution >= 4 is 9.84 Å². The molecule has 0 amide bonds. The third-order valence-electron chi connectivity index (χ3n) is 2.83. The van der Waals surface area contributed by atoms with E-state index in [2.05, 4.69) is 24.4 Å². The van der Waals surface area contributed by atoms with Crippen LogP contribution >= 0.6 is 0 Å². The minimum absolute atomic E-state index is 0.241. The molecular formula is C13H21NO2S. The van der Waals surface area contributed by atoms with Crippen molar-refractivity contribution in [3.63, 3.8) is 0 Å². The standard InChI is InChI=1S/C13H21NO2S/c1-3-17(15,16)10-6-9-14-11-13-8-5-4-7-12(13)2/h4-5,7-8,14H,3,6,9-11H2,1-2H3. The monoisotopic (exact) mass is 255 g/mol. The summed E-state index contributed by atoms with van der Waals surface area (Å²) in [6.07, 6.45) is 0.683. The van der Waals surface area contributed by atoms with Gasteiger partial charge in [0.15, 0.2) is 0 Å². The molecule has 0 heterocycles. The first-order chi connectivity index (χ1) is 8.05. The molecule has 4 heteroatoms. The molecule has 17 heavy (non-hydrogen) atoms. The summed E-state index contributed by atoms with van der Waals surface area (Å²) in [4.78, 5) is 0. The summed E-state index contributed by atoms with van der Waals surface area (Å²) in [5.74, 6) is 0.523. The van der Waals surface area contributed by atoms with Gasteiger partial charge in [0, 0.05) is 12.3 Å². The smallest absolute Gasteiger partial charge is 0.150 e. The predicted octanol–water partition coefficient (Wildman–Crippen LogP) is 1.91. The molecule has 0 saturated heterocycles. The fourth-order valence-corrected chi connectivity index (χ4v) is 2.47. The van der Waals surface area contributed by atoms with Gasteiger partial charge in [-0.2, -0.15) is 0 Å². The van der Waals surface area contributed by atoms with Crippen molar-refractivity contribution < 1.29 is 8.42 Å². The van der Waals surface area contributed by atoms with Crippen LogP contribution in [-0.2, 0) is 16.4 Å². The second kappa shape index (κ2) is 6.77. The summed E-state index contributed by atoms with van der Waals surface area (Å²) in [6.45, 7) is 5.32. The van der Waals surface area contributed by atoms with Crippen LogP contribution in [0.2, 0.25) is 0 Å². The molecule has 0 spiro atoms. The Morgan fingerprint density at radius 3 is 2.59 bits per heavy atom. The second-order valence-electron chi connectivity index (χ2n) is 4.19. The first kappa shape index (κ1) is 14.2. The molecular weight excluding hydrogens is 234 g/mol. The molecule has 0 saturated carbocycles. The van der Waals surface area contributed by atoms with Gasteiger partial charge < -0.3 is 5.32 Å². The molecule has 3 nitrogen and oxygen atoms in total. The number of aryl methyl sites for hydroxylation is 1. The highest BCUT2D eigenvalue weighted by molar-refractivity contribution is 7.91. The van der Waals surface area contributed by atoms with Crippen LogP contribution in [0.4, 0.5) is 0 Å². The van der Waals surface area contributed by atoms with E-state index in [9.17, 15) is 8.42 Å². The molecule has 0 fully saturated rings. The number of hydrogen-bond acceptors (Lipinski definition) is 3. The van der Waals surface area contributed by atoms with Crippen LogP contribution in [-0.4, -0.2) is 26.5 Å². The van der Waals surface area contributed by atoms with Gasteiger partial charge in [0.2, 0.25) is 0 Å². The maximum Gasteiger partial charge on any atom is 0.150 e. The SMILES string of the molecule is CCS(=O)(=O)CCCNCc1ccccc1C. The Morgan fingerprint density at radius 1 is 1.24 bits per heavy atom. The maximum atomic E-state index is 11.3. The van der Waals surface area contributed by atoms with Crippen molar-refractivity contribution in [2.24, 2.45) is 0 Å². The molecule has 0 aliphatic rings. The minimum Gasteiger partial charge on any atom is -0.313 e. The lowest BCUT2D eigenvalue weighted by Crippen LogP contribution is -2.19. The Bertz CT molecular complexity index is 440. The van der Waals surface area contributed by atoms with Gasteiger partial charge >= 0.3 is 0 Å². The van der Waals surface area contributed by atoms with Crippen molar-refractivity contribution in [3.8, 4) is 0 Å². The zero-order valence-corrected chi connectivity index (χ0v) is 11.4. The Balaban J connectivity index is 2.24. The number of benzene rings is 1. The quantitative estimate of drug-likeness (QED) is 0.757. The van der Waals surface area contributed by atoms with Gasteiger partial charge in [-0.05, 0) is 31.0 Å². The van der Waals surface area contributed by atoms with Gasteiger partial charge in [-0.15, -0.1) is 0 Å². The molecule has 1 N–H and O–H groups in total. The first-order valence-corrected chi connectivity index (χ1v) is 7.83. The van der Waals surface area contributed by atoms with Crippen molar-refractivity contribution in [2.75, 3.05) is 18.1 Å². The van der Waals surface area contributed by atoms with Crippen molar-refractivity contribution in [1.29, 1.82) is 0 Å². The van der Waals surface area contributed by atoms with E-state index in [1.54, 1.807) is 6.92 Å². The number of sulfone groups is 1. The molecule has 1 aromatic carbocycles. The molecule has 0 radical (unpaired) electrons. The van der Waals surface area contributed by atoms with E-state index in [4.69, 9.17) is 0 Å². The lowest BCUT2D eigenvalue weighted by molar-refractivity contribution is 0.590. The fraction of sp³-hybridized carbons (Fsp3) is 0.538. The molecule has 0 bridgehead atoms. The molecule has 1 rings (SSSR count). The fourth-order valence-electron chi connectivity index (χ4n) is 1.59. The summed E-state index contributed by atoms with van der Waals surface area (Å²) in [5, 5.41) is 3.27. The lowest BCUT2D eigenvalue weighted by atomic mass is 10.1. The maximum absolute atomic E-state index is 11.3. The molecule has 0 aliphatic carbocycles. The van der Waals surface area contributed by atoms with E-state index in [1.807, 2.05) is 12.1 Å². The van der Waals surface area contributed by atoms with E-state index in [0.29, 0.717) is 6.42 Å². The summed E-state index contributed by atoms with van der Waals surface area (Å²) >= 11 is 0. The predicted molar refractivity (Wildman–Crippen MR) is 71.8 cm³/mol. The van der Waals surface area contributed by atoms with E-state index >= 15 is 0 Å². The molecule has 1 aromatic rings. The van der Waals surface area contributed by atoms with E-state index in [-0.39, 0.29) is 11.5 Å². The minimum atomic E-state index is -2.81. The van der Waals surface area contributed by atoms with E-state index in [0.717, 1.165) is 13.1 Å². The van der Waals surface area contributed by atoms with Crippen molar-refractivity contribution in [2.45, 2.75) is 26.8 Å². The Labute approximate surface area is 104 Å². The van der Waals surface area contributed by atoms with Crippen LogP contribution in [0.5, 0.6) is 0 Å². The highest BCUT2D eigenvalue weighted by Crippen LogP contribution is 2.05. The molecule has 0 aromatic heterocycles. The largest absolute Gasteiger partial charge is 0.313 e. The van der Waals surface area contributed by atoms with Gasteiger partial charge in [0.25, 0.3) is 0 Å². The summed E-state index contributed by atoms with van der Waals surface area (Å²) < 4.78 is 22.5. The molecule has 0 atom stereocenters. The molecule has 0 aliphatic heterocycles. The van der Waals surface area contributed by atoms with Crippen LogP contribution in [0.15, 0.2) is 24.3 Å². The number of rotatable bonds is 7. The normalized spacial score (nSPS) is 11.6. The molecule has 0 unspecified atom stereocenters. The van der Waals surface area contributed by atoms with Gasteiger partial charge in [-0.25, -0.2) is 8.42 Å². The summed E-state index contributed by atoms with van der Waals surface area (Å²) in [6, 6.07) is 8.21. The van der Waals surface area contributed by atoms with Crippen LogP contribution < -0.4 is 5.32 Å². The van der Waals surface area contributed by atoms with Gasteiger partial charge in [0.05, 0.1) is 5.75 Å². The van der Waals surface area contributed by atoms with Crippen molar-refractivity contribution in [1.82, 2.24) is 5.32 Å². The first-order valence-electron chi connectivity index (χ1n) is 6.01.